The fraction of sp³-hybridized carbons (Fsp3) is 0.174. The van der Waals surface area contributed by atoms with Crippen molar-refractivity contribution >= 4 is 11.8 Å². The number of nitrogens with one attached hydrogen (secondary N) is 2. The largest absolute Gasteiger partial charge is 0.497 e. The molecule has 0 fully saturated rings. The van der Waals surface area contributed by atoms with Crippen molar-refractivity contribution in [1.82, 2.24) is 15.6 Å². The van der Waals surface area contributed by atoms with E-state index < -0.39 is 0 Å². The first-order chi connectivity index (χ1) is 14.0. The van der Waals surface area contributed by atoms with Crippen molar-refractivity contribution in [3.63, 3.8) is 0 Å². The third-order valence-corrected chi connectivity index (χ3v) is 4.40. The van der Waals surface area contributed by atoms with E-state index in [9.17, 15) is 9.59 Å². The highest BCUT2D eigenvalue weighted by molar-refractivity contribution is 5.96. The summed E-state index contributed by atoms with van der Waals surface area (Å²) >= 11 is 0. The first kappa shape index (κ1) is 20.1. The molecule has 0 aliphatic heterocycles. The van der Waals surface area contributed by atoms with Crippen molar-refractivity contribution in [2.75, 3.05) is 7.11 Å². The number of ether oxygens (including phenoxy) is 1. The minimum absolute atomic E-state index is 0.196. The van der Waals surface area contributed by atoms with Crippen LogP contribution in [-0.2, 0) is 13.1 Å². The number of amides is 2. The van der Waals surface area contributed by atoms with E-state index in [1.165, 1.54) is 0 Å². The Balaban J connectivity index is 1.57. The number of carbonyl (C=O) groups is 2. The fourth-order valence-electron chi connectivity index (χ4n) is 2.68. The molecule has 0 aliphatic rings. The second-order valence-corrected chi connectivity index (χ2v) is 6.61. The Morgan fingerprint density at radius 3 is 1.76 bits per heavy atom. The zero-order chi connectivity index (χ0) is 20.6. The molecule has 0 radical (unpaired) electrons. The highest BCUT2D eigenvalue weighted by atomic mass is 16.5. The van der Waals surface area contributed by atoms with Gasteiger partial charge in [0.2, 0.25) is 0 Å². The van der Waals surface area contributed by atoms with E-state index in [2.05, 4.69) is 15.6 Å². The van der Waals surface area contributed by atoms with E-state index in [0.29, 0.717) is 13.1 Å². The third kappa shape index (κ3) is 5.65. The van der Waals surface area contributed by atoms with E-state index >= 15 is 0 Å². The van der Waals surface area contributed by atoms with Gasteiger partial charge in [-0.25, -0.2) is 4.98 Å². The Kier molecular flexibility index (Phi) is 6.58. The van der Waals surface area contributed by atoms with Crippen molar-refractivity contribution in [1.29, 1.82) is 0 Å². The lowest BCUT2D eigenvalue weighted by Crippen LogP contribution is -2.27. The van der Waals surface area contributed by atoms with Crippen LogP contribution in [0.4, 0.5) is 0 Å². The number of benzene rings is 2. The molecule has 29 heavy (non-hydrogen) atoms. The molecule has 0 spiro atoms. The van der Waals surface area contributed by atoms with Gasteiger partial charge in [-0.1, -0.05) is 48.0 Å². The van der Waals surface area contributed by atoms with Crippen molar-refractivity contribution in [3.8, 4) is 5.75 Å². The van der Waals surface area contributed by atoms with Crippen molar-refractivity contribution in [2.24, 2.45) is 0 Å². The number of carbonyl (C=O) groups excluding carboxylic acids is 2. The predicted octanol–water partition coefficient (Wildman–Crippen LogP) is 3.26. The van der Waals surface area contributed by atoms with E-state index in [0.717, 1.165) is 22.4 Å². The fourth-order valence-corrected chi connectivity index (χ4v) is 2.68. The van der Waals surface area contributed by atoms with Gasteiger partial charge in [-0.3, -0.25) is 9.59 Å². The summed E-state index contributed by atoms with van der Waals surface area (Å²) in [7, 11) is 1.60. The van der Waals surface area contributed by atoms with Crippen LogP contribution in [-0.4, -0.2) is 23.9 Å². The average Bonchev–Trinajstić information content (AvgIpc) is 2.77. The van der Waals surface area contributed by atoms with Crippen LogP contribution in [0.5, 0.6) is 5.75 Å². The maximum atomic E-state index is 12.4. The highest BCUT2D eigenvalue weighted by Gasteiger charge is 2.12. The molecule has 148 valence electrons. The number of hydrogen-bond donors (Lipinski definition) is 2. The predicted molar refractivity (Wildman–Crippen MR) is 111 cm³/mol. The second kappa shape index (κ2) is 9.50. The summed E-state index contributed by atoms with van der Waals surface area (Å²) in [4.78, 5) is 29.0. The van der Waals surface area contributed by atoms with Gasteiger partial charge in [-0.05, 0) is 42.3 Å². The molecular weight excluding hydrogens is 366 g/mol. The smallest absolute Gasteiger partial charge is 0.270 e. The summed E-state index contributed by atoms with van der Waals surface area (Å²) < 4.78 is 5.12. The Hall–Kier alpha value is -3.67. The van der Waals surface area contributed by atoms with Crippen LogP contribution < -0.4 is 15.4 Å². The number of nitrogens with zero attached hydrogens (tertiary/aromatic N) is 1. The molecule has 0 unspecified atom stereocenters. The molecule has 3 rings (SSSR count). The van der Waals surface area contributed by atoms with Gasteiger partial charge in [-0.2, -0.15) is 0 Å². The van der Waals surface area contributed by atoms with Crippen LogP contribution >= 0.6 is 0 Å². The lowest BCUT2D eigenvalue weighted by molar-refractivity contribution is 0.0941. The van der Waals surface area contributed by atoms with Gasteiger partial charge in [0, 0.05) is 13.1 Å². The number of aryl methyl sites for hydroxylation is 1. The SMILES string of the molecule is COc1ccc(CNC(=O)c2cccc(C(=O)NCc3ccc(C)cc3)n2)cc1. The maximum absolute atomic E-state index is 12.4. The molecule has 1 heterocycles. The van der Waals surface area contributed by atoms with E-state index in [1.807, 2.05) is 55.5 Å². The molecule has 0 bridgehead atoms. The van der Waals surface area contributed by atoms with Crippen LogP contribution in [0.25, 0.3) is 0 Å². The minimum Gasteiger partial charge on any atom is -0.497 e. The monoisotopic (exact) mass is 389 g/mol. The normalized spacial score (nSPS) is 10.3. The van der Waals surface area contributed by atoms with Crippen LogP contribution in [0.2, 0.25) is 0 Å². The van der Waals surface area contributed by atoms with Gasteiger partial charge in [0.1, 0.15) is 17.1 Å². The number of rotatable bonds is 7. The van der Waals surface area contributed by atoms with Gasteiger partial charge >= 0.3 is 0 Å². The number of hydrogen-bond acceptors (Lipinski definition) is 4. The average molecular weight is 389 g/mol. The molecule has 0 saturated carbocycles. The van der Waals surface area contributed by atoms with Gasteiger partial charge in [0.25, 0.3) is 11.8 Å². The summed E-state index contributed by atoms with van der Waals surface area (Å²) in [6.45, 7) is 2.76. The second-order valence-electron chi connectivity index (χ2n) is 6.61. The highest BCUT2D eigenvalue weighted by Crippen LogP contribution is 2.11. The van der Waals surface area contributed by atoms with Crippen LogP contribution in [0.3, 0.4) is 0 Å². The van der Waals surface area contributed by atoms with Gasteiger partial charge in [0.15, 0.2) is 0 Å². The van der Waals surface area contributed by atoms with Crippen molar-refractivity contribution < 1.29 is 14.3 Å². The van der Waals surface area contributed by atoms with Crippen LogP contribution in [0.1, 0.15) is 37.7 Å². The summed E-state index contributed by atoms with van der Waals surface area (Å²) in [6, 6.07) is 20.2. The molecule has 0 aliphatic carbocycles. The van der Waals surface area contributed by atoms with Crippen molar-refractivity contribution in [2.45, 2.75) is 20.0 Å². The number of methoxy groups -OCH3 is 1. The van der Waals surface area contributed by atoms with E-state index in [4.69, 9.17) is 4.74 Å². The standard InChI is InChI=1S/C23H23N3O3/c1-16-6-8-17(9-7-16)14-24-22(27)20-4-3-5-21(26-20)23(28)25-15-18-10-12-19(29-2)13-11-18/h3-13H,14-15H2,1-2H3,(H,24,27)(H,25,28). The molecule has 2 N–H and O–H groups in total. The van der Waals surface area contributed by atoms with Crippen LogP contribution in [0, 0.1) is 6.92 Å². The summed E-state index contributed by atoms with van der Waals surface area (Å²) in [5.74, 6) is 0.0930. The van der Waals surface area contributed by atoms with E-state index in [-0.39, 0.29) is 23.2 Å². The first-order valence-electron chi connectivity index (χ1n) is 9.27. The Bertz CT molecular complexity index is 983. The maximum Gasteiger partial charge on any atom is 0.270 e. The molecule has 2 aromatic carbocycles. The summed E-state index contributed by atoms with van der Waals surface area (Å²) in [5.41, 5.74) is 3.49. The molecule has 3 aromatic rings. The number of aromatic nitrogens is 1. The molecule has 6 nitrogen and oxygen atoms in total. The lowest BCUT2D eigenvalue weighted by Gasteiger charge is -2.08. The minimum atomic E-state index is -0.339. The zero-order valence-electron chi connectivity index (χ0n) is 16.4. The number of pyridine rings is 1. The Labute approximate surface area is 169 Å². The lowest BCUT2D eigenvalue weighted by atomic mass is 10.1. The summed E-state index contributed by atoms with van der Waals surface area (Å²) in [6.07, 6.45) is 0. The van der Waals surface area contributed by atoms with Gasteiger partial charge < -0.3 is 15.4 Å². The topological polar surface area (TPSA) is 80.3 Å². The molecule has 2 amide bonds. The Morgan fingerprint density at radius 1 is 0.793 bits per heavy atom. The summed E-state index contributed by atoms with van der Waals surface area (Å²) in [5, 5.41) is 5.63. The van der Waals surface area contributed by atoms with Gasteiger partial charge in [0.05, 0.1) is 7.11 Å². The third-order valence-electron chi connectivity index (χ3n) is 4.40. The first-order valence-corrected chi connectivity index (χ1v) is 9.27. The molecule has 1 aromatic heterocycles. The van der Waals surface area contributed by atoms with Gasteiger partial charge in [-0.15, -0.1) is 0 Å². The Morgan fingerprint density at radius 2 is 1.28 bits per heavy atom. The molecule has 0 saturated heterocycles. The molecule has 6 heteroatoms. The molecular formula is C23H23N3O3. The van der Waals surface area contributed by atoms with Crippen molar-refractivity contribution in [3.05, 3.63) is 94.8 Å². The molecule has 0 atom stereocenters. The van der Waals surface area contributed by atoms with Crippen LogP contribution in [0.15, 0.2) is 66.7 Å². The van der Waals surface area contributed by atoms with E-state index in [1.54, 1.807) is 25.3 Å². The zero-order valence-corrected chi connectivity index (χ0v) is 16.4. The quantitative estimate of drug-likeness (QED) is 0.650.